The van der Waals surface area contributed by atoms with Gasteiger partial charge in [0, 0.05) is 23.5 Å². The predicted octanol–water partition coefficient (Wildman–Crippen LogP) is 2.51. The normalized spacial score (nSPS) is 23.1. The molecule has 1 atom stereocenters. The highest BCUT2D eigenvalue weighted by molar-refractivity contribution is 7.09. The lowest BCUT2D eigenvalue weighted by molar-refractivity contribution is 0.320. The molecule has 2 rings (SSSR count). The van der Waals surface area contributed by atoms with Gasteiger partial charge in [0.25, 0.3) is 0 Å². The van der Waals surface area contributed by atoms with E-state index in [1.807, 2.05) is 6.92 Å². The van der Waals surface area contributed by atoms with Crippen LogP contribution in [0.1, 0.15) is 17.1 Å². The Morgan fingerprint density at radius 1 is 1.71 bits per heavy atom. The molecule has 1 unspecified atom stereocenters. The molecule has 1 fully saturated rings. The van der Waals surface area contributed by atoms with Gasteiger partial charge in [0.05, 0.1) is 6.54 Å². The number of hydrogen-bond donors (Lipinski definition) is 0. The summed E-state index contributed by atoms with van der Waals surface area (Å²) in [7, 11) is 0. The fourth-order valence-electron chi connectivity index (χ4n) is 1.85. The van der Waals surface area contributed by atoms with Crippen LogP contribution in [0.2, 0.25) is 0 Å². The van der Waals surface area contributed by atoms with Crippen molar-refractivity contribution in [1.29, 1.82) is 0 Å². The lowest BCUT2D eigenvalue weighted by Gasteiger charge is -2.12. The van der Waals surface area contributed by atoms with Crippen molar-refractivity contribution in [2.75, 3.05) is 19.0 Å². The molecule has 4 heteroatoms. The Hall–Kier alpha value is -0.120. The zero-order valence-corrected chi connectivity index (χ0v) is 9.94. The lowest BCUT2D eigenvalue weighted by atomic mass is 10.2. The maximum absolute atomic E-state index is 5.84. The summed E-state index contributed by atoms with van der Waals surface area (Å²) in [6, 6.07) is 0. The molecule has 0 aliphatic carbocycles. The van der Waals surface area contributed by atoms with E-state index >= 15 is 0 Å². The van der Waals surface area contributed by atoms with Gasteiger partial charge < -0.3 is 0 Å². The van der Waals surface area contributed by atoms with Crippen molar-refractivity contribution < 1.29 is 0 Å². The fraction of sp³-hybridized carbons (Fsp3) is 0.700. The second-order valence-electron chi connectivity index (χ2n) is 3.93. The first kappa shape index (κ1) is 10.4. The number of aromatic nitrogens is 1. The molecule has 1 aliphatic heterocycles. The Bertz CT molecular complexity index is 300. The molecule has 1 aromatic heterocycles. The second kappa shape index (κ2) is 4.60. The van der Waals surface area contributed by atoms with Crippen molar-refractivity contribution in [2.24, 2.45) is 5.92 Å². The molecule has 14 heavy (non-hydrogen) atoms. The zero-order chi connectivity index (χ0) is 9.97. The first-order valence-electron chi connectivity index (χ1n) is 4.97. The molecule has 0 spiro atoms. The third-order valence-electron chi connectivity index (χ3n) is 2.61. The van der Waals surface area contributed by atoms with Crippen LogP contribution < -0.4 is 0 Å². The van der Waals surface area contributed by atoms with E-state index in [-0.39, 0.29) is 0 Å². The highest BCUT2D eigenvalue weighted by atomic mass is 35.5. The predicted molar refractivity (Wildman–Crippen MR) is 61.0 cm³/mol. The fourth-order valence-corrected chi connectivity index (χ4v) is 2.91. The van der Waals surface area contributed by atoms with Crippen LogP contribution in [0.5, 0.6) is 0 Å². The van der Waals surface area contributed by atoms with Gasteiger partial charge in [-0.25, -0.2) is 4.98 Å². The van der Waals surface area contributed by atoms with Crippen LogP contribution in [0.3, 0.4) is 0 Å². The topological polar surface area (TPSA) is 16.1 Å². The summed E-state index contributed by atoms with van der Waals surface area (Å²) in [6.45, 7) is 5.37. The van der Waals surface area contributed by atoms with E-state index in [4.69, 9.17) is 11.6 Å². The monoisotopic (exact) mass is 230 g/mol. The smallest absolute Gasteiger partial charge is 0.107 e. The molecule has 1 aromatic rings. The Balaban J connectivity index is 1.87. The summed E-state index contributed by atoms with van der Waals surface area (Å²) < 4.78 is 0. The average molecular weight is 231 g/mol. The molecule has 1 aliphatic rings. The first-order chi connectivity index (χ1) is 6.78. The van der Waals surface area contributed by atoms with Crippen molar-refractivity contribution >= 4 is 22.9 Å². The number of thiazole rings is 1. The van der Waals surface area contributed by atoms with E-state index in [2.05, 4.69) is 15.3 Å². The van der Waals surface area contributed by atoms with Crippen molar-refractivity contribution in [3.05, 3.63) is 16.1 Å². The van der Waals surface area contributed by atoms with Crippen molar-refractivity contribution in [3.63, 3.8) is 0 Å². The van der Waals surface area contributed by atoms with Crippen LogP contribution in [-0.4, -0.2) is 28.9 Å². The number of likely N-dealkylation sites (tertiary alicyclic amines) is 1. The third kappa shape index (κ3) is 2.47. The van der Waals surface area contributed by atoms with Gasteiger partial charge >= 0.3 is 0 Å². The van der Waals surface area contributed by atoms with Crippen LogP contribution in [0.25, 0.3) is 0 Å². The SMILES string of the molecule is Cc1csc(CN2CCC(CCl)C2)n1. The first-order valence-corrected chi connectivity index (χ1v) is 6.38. The van der Waals surface area contributed by atoms with Crippen LogP contribution in [0.15, 0.2) is 5.38 Å². The minimum atomic E-state index is 0.692. The molecule has 1 saturated heterocycles. The molecule has 78 valence electrons. The summed E-state index contributed by atoms with van der Waals surface area (Å²) in [5, 5.41) is 3.35. The maximum Gasteiger partial charge on any atom is 0.107 e. The second-order valence-corrected chi connectivity index (χ2v) is 5.18. The van der Waals surface area contributed by atoms with E-state index in [0.29, 0.717) is 5.92 Å². The number of alkyl halides is 1. The Morgan fingerprint density at radius 2 is 2.57 bits per heavy atom. The number of nitrogens with zero attached hydrogens (tertiary/aromatic N) is 2. The minimum absolute atomic E-state index is 0.692. The van der Waals surface area contributed by atoms with Gasteiger partial charge in [0.15, 0.2) is 0 Å². The zero-order valence-electron chi connectivity index (χ0n) is 8.37. The molecule has 0 bridgehead atoms. The van der Waals surface area contributed by atoms with Crippen molar-refractivity contribution in [2.45, 2.75) is 19.9 Å². The summed E-state index contributed by atoms with van der Waals surface area (Å²) in [5.41, 5.74) is 1.14. The lowest BCUT2D eigenvalue weighted by Crippen LogP contribution is -2.20. The third-order valence-corrected chi connectivity index (χ3v) is 4.00. The highest BCUT2D eigenvalue weighted by Gasteiger charge is 2.21. The molecule has 0 saturated carbocycles. The van der Waals surface area contributed by atoms with E-state index < -0.39 is 0 Å². The number of rotatable bonds is 3. The van der Waals surface area contributed by atoms with Gasteiger partial charge in [-0.3, -0.25) is 4.90 Å². The molecule has 0 N–H and O–H groups in total. The van der Waals surface area contributed by atoms with E-state index in [1.165, 1.54) is 18.0 Å². The van der Waals surface area contributed by atoms with Crippen molar-refractivity contribution in [1.82, 2.24) is 9.88 Å². The van der Waals surface area contributed by atoms with E-state index in [1.54, 1.807) is 11.3 Å². The van der Waals surface area contributed by atoms with Crippen LogP contribution in [0, 0.1) is 12.8 Å². The summed E-state index contributed by atoms with van der Waals surface area (Å²) >= 11 is 7.60. The quantitative estimate of drug-likeness (QED) is 0.742. The minimum Gasteiger partial charge on any atom is -0.296 e. The van der Waals surface area contributed by atoms with Crippen LogP contribution in [0.4, 0.5) is 0 Å². The molecule has 2 nitrogen and oxygen atoms in total. The van der Waals surface area contributed by atoms with Gasteiger partial charge in [-0.15, -0.1) is 22.9 Å². The Morgan fingerprint density at radius 3 is 3.14 bits per heavy atom. The van der Waals surface area contributed by atoms with Gasteiger partial charge in [0.2, 0.25) is 0 Å². The van der Waals surface area contributed by atoms with Crippen molar-refractivity contribution in [3.8, 4) is 0 Å². The molecule has 0 amide bonds. The molecule has 0 aromatic carbocycles. The Kier molecular flexibility index (Phi) is 3.42. The molecular formula is C10H15ClN2S. The summed E-state index contributed by atoms with van der Waals surface area (Å²) in [4.78, 5) is 6.92. The maximum atomic E-state index is 5.84. The standard InChI is InChI=1S/C10H15ClN2S/c1-8-7-14-10(12-8)6-13-3-2-9(4-11)5-13/h7,9H,2-6H2,1H3. The van der Waals surface area contributed by atoms with Gasteiger partial charge in [-0.1, -0.05) is 0 Å². The van der Waals surface area contributed by atoms with Gasteiger partial charge in [-0.05, 0) is 25.8 Å². The van der Waals surface area contributed by atoms with Crippen LogP contribution in [-0.2, 0) is 6.54 Å². The van der Waals surface area contributed by atoms with Gasteiger partial charge in [0.1, 0.15) is 5.01 Å². The van der Waals surface area contributed by atoms with E-state index in [0.717, 1.165) is 24.7 Å². The Labute approximate surface area is 93.9 Å². The number of halogens is 1. The van der Waals surface area contributed by atoms with E-state index in [9.17, 15) is 0 Å². The van der Waals surface area contributed by atoms with Crippen LogP contribution >= 0.6 is 22.9 Å². The summed E-state index contributed by atoms with van der Waals surface area (Å²) in [5.74, 6) is 1.49. The number of hydrogen-bond acceptors (Lipinski definition) is 3. The average Bonchev–Trinajstić information content (AvgIpc) is 2.76. The largest absolute Gasteiger partial charge is 0.296 e. The molecule has 2 heterocycles. The molecule has 0 radical (unpaired) electrons. The van der Waals surface area contributed by atoms with Gasteiger partial charge in [-0.2, -0.15) is 0 Å². The molecular weight excluding hydrogens is 216 g/mol. The summed E-state index contributed by atoms with van der Waals surface area (Å²) in [6.07, 6.45) is 1.24. The number of aryl methyl sites for hydroxylation is 1. The highest BCUT2D eigenvalue weighted by Crippen LogP contribution is 2.20.